The van der Waals surface area contributed by atoms with Crippen LogP contribution in [0.1, 0.15) is 18.4 Å². The average Bonchev–Trinajstić information content (AvgIpc) is 2.55. The van der Waals surface area contributed by atoms with Gasteiger partial charge in [0.2, 0.25) is 0 Å². The minimum absolute atomic E-state index is 0.0494. The Labute approximate surface area is 137 Å². The minimum atomic E-state index is -3.43. The quantitative estimate of drug-likeness (QED) is 0.758. The molecule has 0 amide bonds. The molecule has 23 heavy (non-hydrogen) atoms. The third-order valence-electron chi connectivity index (χ3n) is 4.44. The second-order valence-electron chi connectivity index (χ2n) is 5.91. The molecular formula is C19H20O3S. The maximum atomic E-state index is 12.9. The maximum absolute atomic E-state index is 12.9. The summed E-state index contributed by atoms with van der Waals surface area (Å²) in [6.45, 7) is 4.27. The molecule has 4 heteroatoms. The molecule has 0 heterocycles. The Bertz CT molecular complexity index is 761. The van der Waals surface area contributed by atoms with Gasteiger partial charge in [-0.25, -0.2) is 8.42 Å². The van der Waals surface area contributed by atoms with Gasteiger partial charge in [0.05, 0.1) is 22.4 Å². The topological polar surface area (TPSA) is 43.4 Å². The first-order valence-corrected chi connectivity index (χ1v) is 9.14. The molecule has 0 aliphatic heterocycles. The van der Waals surface area contributed by atoms with E-state index in [9.17, 15) is 8.42 Å². The Balaban J connectivity index is 1.68. The summed E-state index contributed by atoms with van der Waals surface area (Å²) in [6, 6.07) is 18.5. The van der Waals surface area contributed by atoms with Crippen LogP contribution < -0.4 is 0 Å². The van der Waals surface area contributed by atoms with Gasteiger partial charge in [-0.3, -0.25) is 0 Å². The third kappa shape index (κ3) is 2.96. The molecule has 0 spiro atoms. The van der Waals surface area contributed by atoms with E-state index >= 15 is 0 Å². The lowest BCUT2D eigenvalue weighted by atomic mass is 9.81. The molecule has 0 bridgehead atoms. The van der Waals surface area contributed by atoms with Gasteiger partial charge in [0.1, 0.15) is 0 Å². The van der Waals surface area contributed by atoms with Crippen LogP contribution in [0.5, 0.6) is 0 Å². The summed E-state index contributed by atoms with van der Waals surface area (Å²) in [4.78, 5) is 0.349. The molecule has 3 nitrogen and oxygen atoms in total. The third-order valence-corrected chi connectivity index (χ3v) is 6.90. The molecule has 0 aromatic heterocycles. The fourth-order valence-corrected chi connectivity index (χ4v) is 4.96. The highest BCUT2D eigenvalue weighted by Crippen LogP contribution is 2.45. The van der Waals surface area contributed by atoms with Gasteiger partial charge in [0, 0.05) is 0 Å². The van der Waals surface area contributed by atoms with Crippen LogP contribution in [0.15, 0.2) is 78.2 Å². The Hall–Kier alpha value is -1.91. The molecule has 0 saturated heterocycles. The zero-order valence-corrected chi connectivity index (χ0v) is 13.7. The lowest BCUT2D eigenvalue weighted by molar-refractivity contribution is -0.0207. The Morgan fingerprint density at radius 3 is 2.17 bits per heavy atom. The van der Waals surface area contributed by atoms with E-state index in [-0.39, 0.29) is 6.10 Å². The minimum Gasteiger partial charge on any atom is -0.373 e. The first kappa shape index (κ1) is 16.0. The normalized spacial score (nSPS) is 23.9. The van der Waals surface area contributed by atoms with Gasteiger partial charge < -0.3 is 4.74 Å². The van der Waals surface area contributed by atoms with Crippen molar-refractivity contribution in [3.05, 3.63) is 78.9 Å². The van der Waals surface area contributed by atoms with Crippen molar-refractivity contribution in [3.63, 3.8) is 0 Å². The highest BCUT2D eigenvalue weighted by molar-refractivity contribution is 7.93. The lowest BCUT2D eigenvalue weighted by Gasteiger charge is -2.44. The zero-order valence-electron chi connectivity index (χ0n) is 12.9. The fourth-order valence-electron chi connectivity index (χ4n) is 2.95. The first-order chi connectivity index (χ1) is 11.1. The molecule has 1 saturated carbocycles. The SMILES string of the molecule is C=CC1(S(=O)(=O)c2ccccc2)CC(OCc2ccccc2)C1. The Morgan fingerprint density at radius 2 is 1.61 bits per heavy atom. The zero-order chi connectivity index (χ0) is 16.3. The number of benzene rings is 2. The fraction of sp³-hybridized carbons (Fsp3) is 0.263. The van der Waals surface area contributed by atoms with Gasteiger partial charge in [-0.05, 0) is 30.5 Å². The van der Waals surface area contributed by atoms with E-state index in [1.165, 1.54) is 0 Å². The lowest BCUT2D eigenvalue weighted by Crippen LogP contribution is -2.52. The van der Waals surface area contributed by atoms with Crippen molar-refractivity contribution in [2.45, 2.75) is 35.2 Å². The molecule has 2 aromatic rings. The summed E-state index contributed by atoms with van der Waals surface area (Å²) >= 11 is 0. The highest BCUT2D eigenvalue weighted by Gasteiger charge is 2.53. The van der Waals surface area contributed by atoms with E-state index in [2.05, 4.69) is 6.58 Å². The van der Waals surface area contributed by atoms with Crippen LogP contribution in [-0.4, -0.2) is 19.3 Å². The number of sulfone groups is 1. The van der Waals surface area contributed by atoms with E-state index in [0.717, 1.165) is 5.56 Å². The second-order valence-corrected chi connectivity index (χ2v) is 8.20. The van der Waals surface area contributed by atoms with Crippen molar-refractivity contribution < 1.29 is 13.2 Å². The van der Waals surface area contributed by atoms with Crippen molar-refractivity contribution in [1.29, 1.82) is 0 Å². The molecule has 2 aromatic carbocycles. The second kappa shape index (κ2) is 6.30. The van der Waals surface area contributed by atoms with E-state index in [4.69, 9.17) is 4.74 Å². The molecular weight excluding hydrogens is 308 g/mol. The summed E-state index contributed by atoms with van der Waals surface area (Å²) in [5.74, 6) is 0. The molecule has 1 fully saturated rings. The maximum Gasteiger partial charge on any atom is 0.187 e. The van der Waals surface area contributed by atoms with Crippen LogP contribution in [0, 0.1) is 0 Å². The van der Waals surface area contributed by atoms with Crippen LogP contribution in [0.3, 0.4) is 0 Å². The summed E-state index contributed by atoms with van der Waals surface area (Å²) in [5, 5.41) is 0. The monoisotopic (exact) mass is 328 g/mol. The van der Waals surface area contributed by atoms with Crippen LogP contribution in [0.25, 0.3) is 0 Å². The molecule has 0 N–H and O–H groups in total. The van der Waals surface area contributed by atoms with E-state index in [0.29, 0.717) is 24.3 Å². The van der Waals surface area contributed by atoms with Crippen molar-refractivity contribution in [2.24, 2.45) is 0 Å². The van der Waals surface area contributed by atoms with Crippen LogP contribution in [0.2, 0.25) is 0 Å². The van der Waals surface area contributed by atoms with Crippen LogP contribution in [-0.2, 0) is 21.2 Å². The number of rotatable bonds is 6. The summed E-state index contributed by atoms with van der Waals surface area (Å²) in [5.41, 5.74) is 1.09. The average molecular weight is 328 g/mol. The molecule has 0 atom stereocenters. The molecule has 0 unspecified atom stereocenters. The molecule has 1 aliphatic carbocycles. The van der Waals surface area contributed by atoms with Crippen molar-refractivity contribution in [3.8, 4) is 0 Å². The van der Waals surface area contributed by atoms with Gasteiger partial charge in [0.25, 0.3) is 0 Å². The standard InChI is InChI=1S/C19H20O3S/c1-2-19(23(20,21)18-11-7-4-8-12-18)13-17(14-19)22-15-16-9-5-3-6-10-16/h2-12,17H,1,13-15H2. The predicted molar refractivity (Wildman–Crippen MR) is 90.8 cm³/mol. The smallest absolute Gasteiger partial charge is 0.187 e. The van der Waals surface area contributed by atoms with Crippen molar-refractivity contribution in [1.82, 2.24) is 0 Å². The number of ether oxygens (including phenoxy) is 1. The van der Waals surface area contributed by atoms with E-state index in [1.54, 1.807) is 30.3 Å². The molecule has 1 aliphatic rings. The summed E-state index contributed by atoms with van der Waals surface area (Å²) in [6.07, 6.45) is 2.44. The van der Waals surface area contributed by atoms with E-state index < -0.39 is 14.6 Å². The molecule has 3 rings (SSSR count). The molecule has 0 radical (unpaired) electrons. The van der Waals surface area contributed by atoms with Crippen LogP contribution in [0.4, 0.5) is 0 Å². The summed E-state index contributed by atoms with van der Waals surface area (Å²) < 4.78 is 30.7. The highest BCUT2D eigenvalue weighted by atomic mass is 32.2. The van der Waals surface area contributed by atoms with E-state index in [1.807, 2.05) is 36.4 Å². The largest absolute Gasteiger partial charge is 0.373 e. The van der Waals surface area contributed by atoms with Gasteiger partial charge in [0.15, 0.2) is 9.84 Å². The summed E-state index contributed by atoms with van der Waals surface area (Å²) in [7, 11) is -3.43. The van der Waals surface area contributed by atoms with Crippen molar-refractivity contribution in [2.75, 3.05) is 0 Å². The number of hydrogen-bond acceptors (Lipinski definition) is 3. The first-order valence-electron chi connectivity index (χ1n) is 7.66. The van der Waals surface area contributed by atoms with Crippen LogP contribution >= 0.6 is 0 Å². The molecule has 120 valence electrons. The van der Waals surface area contributed by atoms with Gasteiger partial charge >= 0.3 is 0 Å². The van der Waals surface area contributed by atoms with Gasteiger partial charge in [-0.15, -0.1) is 6.58 Å². The van der Waals surface area contributed by atoms with Gasteiger partial charge in [-0.2, -0.15) is 0 Å². The predicted octanol–water partition coefficient (Wildman–Crippen LogP) is 3.76. The Morgan fingerprint density at radius 1 is 1.04 bits per heavy atom. The Kier molecular flexibility index (Phi) is 4.37. The number of hydrogen-bond donors (Lipinski definition) is 0. The van der Waals surface area contributed by atoms with Crippen molar-refractivity contribution >= 4 is 9.84 Å². The van der Waals surface area contributed by atoms with Gasteiger partial charge in [-0.1, -0.05) is 54.6 Å².